The summed E-state index contributed by atoms with van der Waals surface area (Å²) in [6.45, 7) is 2.99. The van der Waals surface area contributed by atoms with Crippen LogP contribution in [0, 0.1) is 0 Å². The molecule has 3 N–H and O–H groups in total. The summed E-state index contributed by atoms with van der Waals surface area (Å²) in [5.41, 5.74) is 8.11. The molecule has 5 heteroatoms. The Morgan fingerprint density at radius 2 is 2.33 bits per heavy atom. The number of imidazole rings is 1. The zero-order valence-electron chi connectivity index (χ0n) is 10.8. The quantitative estimate of drug-likeness (QED) is 0.833. The lowest BCUT2D eigenvalue weighted by atomic mass is 10.0. The number of hydrogen-bond acceptors (Lipinski definition) is 4. The first-order valence-corrected chi connectivity index (χ1v) is 6.11. The summed E-state index contributed by atoms with van der Waals surface area (Å²) in [4.78, 5) is 8.29. The number of aromatic nitrogens is 3. The number of anilines is 1. The molecule has 0 aliphatic rings. The van der Waals surface area contributed by atoms with E-state index in [1.165, 1.54) is 0 Å². The Bertz CT molecular complexity index is 506. The lowest BCUT2D eigenvalue weighted by Crippen LogP contribution is -2.25. The van der Waals surface area contributed by atoms with Gasteiger partial charge in [-0.2, -0.15) is 0 Å². The van der Waals surface area contributed by atoms with Crippen molar-refractivity contribution >= 4 is 5.82 Å². The topological polar surface area (TPSA) is 68.8 Å². The Morgan fingerprint density at radius 1 is 1.50 bits per heavy atom. The van der Waals surface area contributed by atoms with E-state index in [1.54, 1.807) is 6.20 Å². The van der Waals surface area contributed by atoms with E-state index in [0.29, 0.717) is 5.82 Å². The third-order valence-electron chi connectivity index (χ3n) is 3.01. The second-order valence-corrected chi connectivity index (χ2v) is 4.29. The Kier molecular flexibility index (Phi) is 3.94. The summed E-state index contributed by atoms with van der Waals surface area (Å²) in [5, 5.41) is 3.46. The molecule has 0 amide bonds. The number of nitrogens with one attached hydrogen (secondary N) is 1. The van der Waals surface area contributed by atoms with Gasteiger partial charge in [0.15, 0.2) is 0 Å². The van der Waals surface area contributed by atoms with Crippen LogP contribution in [0.15, 0.2) is 30.9 Å². The molecule has 2 aromatic rings. The van der Waals surface area contributed by atoms with Crippen LogP contribution in [0.4, 0.5) is 5.82 Å². The van der Waals surface area contributed by atoms with Crippen molar-refractivity contribution in [2.75, 3.05) is 12.3 Å². The third kappa shape index (κ3) is 2.68. The molecule has 0 spiro atoms. The average molecular weight is 245 g/mol. The molecule has 2 rings (SSSR count). The minimum Gasteiger partial charge on any atom is -0.383 e. The zero-order valence-corrected chi connectivity index (χ0v) is 10.8. The van der Waals surface area contributed by atoms with Crippen LogP contribution in [0.1, 0.15) is 24.2 Å². The third-order valence-corrected chi connectivity index (χ3v) is 3.01. The highest BCUT2D eigenvalue weighted by atomic mass is 15.1. The lowest BCUT2D eigenvalue weighted by molar-refractivity contribution is 0.521. The maximum Gasteiger partial charge on any atom is 0.126 e. The van der Waals surface area contributed by atoms with E-state index in [4.69, 9.17) is 5.73 Å². The van der Waals surface area contributed by atoms with Gasteiger partial charge < -0.3 is 15.6 Å². The Labute approximate surface area is 107 Å². The predicted molar refractivity (Wildman–Crippen MR) is 72.0 cm³/mol. The highest BCUT2D eigenvalue weighted by molar-refractivity contribution is 5.39. The number of likely N-dealkylation sites (N-methyl/N-ethyl adjacent to an activating group) is 1. The van der Waals surface area contributed by atoms with Gasteiger partial charge >= 0.3 is 0 Å². The van der Waals surface area contributed by atoms with Gasteiger partial charge in [0.2, 0.25) is 0 Å². The zero-order chi connectivity index (χ0) is 13.0. The highest BCUT2D eigenvalue weighted by Gasteiger charge is 2.15. The minimum atomic E-state index is 0.203. The van der Waals surface area contributed by atoms with Crippen molar-refractivity contribution in [3.05, 3.63) is 42.1 Å². The molecule has 96 valence electrons. The van der Waals surface area contributed by atoms with Crippen LogP contribution < -0.4 is 11.1 Å². The van der Waals surface area contributed by atoms with Gasteiger partial charge in [0.1, 0.15) is 5.82 Å². The van der Waals surface area contributed by atoms with Gasteiger partial charge in [-0.3, -0.25) is 0 Å². The van der Waals surface area contributed by atoms with E-state index in [-0.39, 0.29) is 6.04 Å². The Hall–Kier alpha value is -1.88. The van der Waals surface area contributed by atoms with E-state index < -0.39 is 0 Å². The Balaban J connectivity index is 2.22. The lowest BCUT2D eigenvalue weighted by Gasteiger charge is -2.19. The molecule has 0 fully saturated rings. The fourth-order valence-electron chi connectivity index (χ4n) is 2.07. The summed E-state index contributed by atoms with van der Waals surface area (Å²) < 4.78 is 2.03. The first kappa shape index (κ1) is 12.6. The fourth-order valence-corrected chi connectivity index (χ4v) is 2.07. The maximum atomic E-state index is 5.90. The monoisotopic (exact) mass is 245 g/mol. The largest absolute Gasteiger partial charge is 0.383 e. The van der Waals surface area contributed by atoms with Gasteiger partial charge in [-0.25, -0.2) is 9.97 Å². The van der Waals surface area contributed by atoms with Gasteiger partial charge in [0.25, 0.3) is 0 Å². The number of rotatable bonds is 5. The molecule has 1 atom stereocenters. The van der Waals surface area contributed by atoms with Crippen molar-refractivity contribution in [3.63, 3.8) is 0 Å². The van der Waals surface area contributed by atoms with Gasteiger partial charge in [-0.1, -0.05) is 13.0 Å². The van der Waals surface area contributed by atoms with Crippen molar-refractivity contribution < 1.29 is 0 Å². The molecular weight excluding hydrogens is 226 g/mol. The summed E-state index contributed by atoms with van der Waals surface area (Å²) in [7, 11) is 2.00. The van der Waals surface area contributed by atoms with Crippen LogP contribution in [0.3, 0.4) is 0 Å². The molecule has 1 unspecified atom stereocenters. The van der Waals surface area contributed by atoms with Crippen molar-refractivity contribution in [1.29, 1.82) is 0 Å². The van der Waals surface area contributed by atoms with E-state index >= 15 is 0 Å². The van der Waals surface area contributed by atoms with E-state index in [0.717, 1.165) is 24.2 Å². The van der Waals surface area contributed by atoms with Gasteiger partial charge in [-0.15, -0.1) is 0 Å². The van der Waals surface area contributed by atoms with Crippen LogP contribution in [0.5, 0.6) is 0 Å². The van der Waals surface area contributed by atoms with Crippen LogP contribution in [0.25, 0.3) is 0 Å². The highest BCUT2D eigenvalue weighted by Crippen LogP contribution is 2.20. The molecule has 2 aromatic heterocycles. The van der Waals surface area contributed by atoms with Crippen LogP contribution in [0.2, 0.25) is 0 Å². The molecule has 0 saturated heterocycles. The number of hydrogen-bond donors (Lipinski definition) is 2. The second kappa shape index (κ2) is 5.64. The van der Waals surface area contributed by atoms with Crippen molar-refractivity contribution in [1.82, 2.24) is 19.9 Å². The van der Waals surface area contributed by atoms with Gasteiger partial charge in [-0.05, 0) is 24.6 Å². The molecule has 0 aliphatic heterocycles. The smallest absolute Gasteiger partial charge is 0.126 e. The molecule has 0 saturated carbocycles. The SMILES string of the molecule is CCNC(Cc1cccnc1N)c1cncn1C. The molecule has 0 bridgehead atoms. The average Bonchev–Trinajstić information content (AvgIpc) is 2.78. The standard InChI is InChI=1S/C13H19N5/c1-3-16-11(12-8-15-9-18(12)2)7-10-5-4-6-17-13(10)14/h4-6,8-9,11,16H,3,7H2,1-2H3,(H2,14,17). The number of nitrogen functional groups attached to an aromatic ring is 1. The summed E-state index contributed by atoms with van der Waals surface area (Å²) >= 11 is 0. The summed E-state index contributed by atoms with van der Waals surface area (Å²) in [5.74, 6) is 0.600. The van der Waals surface area contributed by atoms with Gasteiger partial charge in [0.05, 0.1) is 18.1 Å². The molecular formula is C13H19N5. The molecule has 2 heterocycles. The van der Waals surface area contributed by atoms with Crippen molar-refractivity contribution in [2.24, 2.45) is 7.05 Å². The van der Waals surface area contributed by atoms with E-state index in [2.05, 4.69) is 22.2 Å². The summed E-state index contributed by atoms with van der Waals surface area (Å²) in [6.07, 6.45) is 6.23. The van der Waals surface area contributed by atoms with E-state index in [9.17, 15) is 0 Å². The molecule has 5 nitrogen and oxygen atoms in total. The van der Waals surface area contributed by atoms with Crippen LogP contribution in [-0.2, 0) is 13.5 Å². The molecule has 0 aliphatic carbocycles. The van der Waals surface area contributed by atoms with Crippen LogP contribution >= 0.6 is 0 Å². The van der Waals surface area contributed by atoms with Crippen molar-refractivity contribution in [2.45, 2.75) is 19.4 Å². The normalized spacial score (nSPS) is 12.6. The summed E-state index contributed by atoms with van der Waals surface area (Å²) in [6, 6.07) is 4.13. The number of nitrogens with zero attached hydrogens (tertiary/aromatic N) is 3. The maximum absolute atomic E-state index is 5.90. The molecule has 0 radical (unpaired) electrons. The molecule has 0 aromatic carbocycles. The van der Waals surface area contributed by atoms with E-state index in [1.807, 2.05) is 36.3 Å². The van der Waals surface area contributed by atoms with Crippen LogP contribution in [-0.4, -0.2) is 21.1 Å². The number of aryl methyl sites for hydroxylation is 1. The number of nitrogens with two attached hydrogens (primary N) is 1. The second-order valence-electron chi connectivity index (χ2n) is 4.29. The minimum absolute atomic E-state index is 0.203. The Morgan fingerprint density at radius 3 is 2.94 bits per heavy atom. The predicted octanol–water partition coefficient (Wildman–Crippen LogP) is 1.29. The first-order chi connectivity index (χ1) is 8.72. The first-order valence-electron chi connectivity index (χ1n) is 6.11. The van der Waals surface area contributed by atoms with Crippen molar-refractivity contribution in [3.8, 4) is 0 Å². The van der Waals surface area contributed by atoms with Gasteiger partial charge in [0, 0.05) is 19.4 Å². The fraction of sp³-hybridized carbons (Fsp3) is 0.385. The molecule has 18 heavy (non-hydrogen) atoms. The number of pyridine rings is 1.